The minimum absolute atomic E-state index is 0.0798. The average molecular weight is 519 g/mol. The molecule has 0 N–H and O–H groups in total. The number of rotatable bonds is 16. The molecule has 2 aromatic carbocycles. The lowest BCUT2D eigenvalue weighted by Crippen LogP contribution is -2.25. The first-order chi connectivity index (χ1) is 18.5. The number of aromatic nitrogens is 2. The largest absolute Gasteiger partial charge is 0.494 e. The summed E-state index contributed by atoms with van der Waals surface area (Å²) in [4.78, 5) is 21.3. The van der Waals surface area contributed by atoms with Crippen LogP contribution in [0, 0.1) is 5.92 Å². The highest BCUT2D eigenvalue weighted by Crippen LogP contribution is 2.24. The van der Waals surface area contributed by atoms with Gasteiger partial charge in [-0.25, -0.2) is 9.97 Å². The maximum Gasteiger partial charge on any atom is 0.309 e. The van der Waals surface area contributed by atoms with Gasteiger partial charge in [-0.2, -0.15) is 0 Å². The quantitative estimate of drug-likeness (QED) is 0.142. The highest BCUT2D eigenvalue weighted by molar-refractivity contribution is 5.72. The molecule has 1 heterocycles. The van der Waals surface area contributed by atoms with Crippen molar-refractivity contribution in [1.82, 2.24) is 9.97 Å². The molecule has 0 radical (unpaired) electrons. The van der Waals surface area contributed by atoms with E-state index in [2.05, 4.69) is 23.8 Å². The van der Waals surface area contributed by atoms with E-state index in [9.17, 15) is 4.79 Å². The molecule has 0 fully saturated rings. The van der Waals surface area contributed by atoms with Crippen molar-refractivity contribution in [3.63, 3.8) is 0 Å². The summed E-state index contributed by atoms with van der Waals surface area (Å²) in [7, 11) is 0. The number of nitrogens with zero attached hydrogens (tertiary/aromatic N) is 2. The number of carbonyl (C=O) groups is 1. The summed E-state index contributed by atoms with van der Waals surface area (Å²) in [5, 5.41) is 0. The van der Waals surface area contributed by atoms with Crippen LogP contribution in [0.4, 0.5) is 0 Å². The Hall–Kier alpha value is -3.41. The zero-order valence-electron chi connectivity index (χ0n) is 23.3. The fourth-order valence-corrected chi connectivity index (χ4v) is 3.98. The maximum atomic E-state index is 12.2. The van der Waals surface area contributed by atoms with Crippen LogP contribution in [-0.4, -0.2) is 35.3 Å². The summed E-state index contributed by atoms with van der Waals surface area (Å²) < 4.78 is 17.2. The average Bonchev–Trinajstić information content (AvgIpc) is 2.95. The first-order valence-electron chi connectivity index (χ1n) is 14.0. The normalized spacial score (nSPS) is 12.5. The lowest BCUT2D eigenvalue weighted by atomic mass is 10.1. The molecule has 6 nitrogen and oxygen atoms in total. The van der Waals surface area contributed by atoms with Crippen LogP contribution in [0.1, 0.15) is 72.6 Å². The smallest absolute Gasteiger partial charge is 0.309 e. The lowest BCUT2D eigenvalue weighted by molar-refractivity contribution is -0.154. The Bertz CT molecular complexity index is 1080. The van der Waals surface area contributed by atoms with Gasteiger partial charge in [0.05, 0.1) is 12.5 Å². The van der Waals surface area contributed by atoms with Crippen LogP contribution in [0.15, 0.2) is 60.9 Å². The molecule has 0 saturated carbocycles. The molecule has 2 unspecified atom stereocenters. The first kappa shape index (κ1) is 29.2. The van der Waals surface area contributed by atoms with Crippen LogP contribution in [0.3, 0.4) is 0 Å². The van der Waals surface area contributed by atoms with E-state index in [-0.39, 0.29) is 18.0 Å². The fraction of sp³-hybridized carbons (Fsp3) is 0.469. The van der Waals surface area contributed by atoms with Crippen molar-refractivity contribution >= 4 is 5.97 Å². The molecule has 3 rings (SSSR count). The highest BCUT2D eigenvalue weighted by atomic mass is 16.6. The molecular formula is C32H42N2O4. The van der Waals surface area contributed by atoms with Crippen molar-refractivity contribution < 1.29 is 19.0 Å². The molecule has 6 heteroatoms. The standard InChI is InChI=1S/C32H42N2O4/c1-5-7-9-10-20-36-29-18-14-27(15-19-29)31-33-21-28(22-34-31)26-12-16-30(17-13-26)37-23-25(4)38-32(35)24(3)11-8-6-2/h12-19,21-22,24-25H,5-11,20,23H2,1-4H3. The Morgan fingerprint density at radius 1 is 0.737 bits per heavy atom. The van der Waals surface area contributed by atoms with Crippen molar-refractivity contribution in [2.75, 3.05) is 13.2 Å². The summed E-state index contributed by atoms with van der Waals surface area (Å²) in [5.74, 6) is 2.04. The maximum absolute atomic E-state index is 12.2. The summed E-state index contributed by atoms with van der Waals surface area (Å²) in [6.07, 6.45) is 11.1. The van der Waals surface area contributed by atoms with Crippen molar-refractivity contribution in [2.45, 2.75) is 78.7 Å². The number of hydrogen-bond donors (Lipinski definition) is 0. The third-order valence-corrected chi connectivity index (χ3v) is 6.41. The molecule has 0 aliphatic rings. The van der Waals surface area contributed by atoms with E-state index in [4.69, 9.17) is 14.2 Å². The van der Waals surface area contributed by atoms with Gasteiger partial charge >= 0.3 is 5.97 Å². The Kier molecular flexibility index (Phi) is 12.1. The molecule has 2 atom stereocenters. The van der Waals surface area contributed by atoms with E-state index < -0.39 is 0 Å². The van der Waals surface area contributed by atoms with E-state index in [1.165, 1.54) is 19.3 Å². The number of unbranched alkanes of at least 4 members (excludes halogenated alkanes) is 4. The van der Waals surface area contributed by atoms with Crippen LogP contribution < -0.4 is 9.47 Å². The van der Waals surface area contributed by atoms with Crippen LogP contribution >= 0.6 is 0 Å². The number of benzene rings is 2. The van der Waals surface area contributed by atoms with Crippen molar-refractivity contribution in [3.05, 3.63) is 60.9 Å². The number of esters is 1. The van der Waals surface area contributed by atoms with Crippen LogP contribution in [-0.2, 0) is 9.53 Å². The third-order valence-electron chi connectivity index (χ3n) is 6.41. The summed E-state index contributed by atoms with van der Waals surface area (Å²) in [6, 6.07) is 15.7. The number of ether oxygens (including phenoxy) is 3. The minimum atomic E-state index is -0.307. The summed E-state index contributed by atoms with van der Waals surface area (Å²) in [5.41, 5.74) is 2.88. The van der Waals surface area contributed by atoms with Gasteiger partial charge in [0.25, 0.3) is 0 Å². The van der Waals surface area contributed by atoms with Gasteiger partial charge in [0, 0.05) is 23.5 Å². The zero-order chi connectivity index (χ0) is 27.2. The zero-order valence-corrected chi connectivity index (χ0v) is 23.3. The molecule has 3 aromatic rings. The van der Waals surface area contributed by atoms with Gasteiger partial charge in [-0.15, -0.1) is 0 Å². The van der Waals surface area contributed by atoms with E-state index >= 15 is 0 Å². The predicted molar refractivity (Wildman–Crippen MR) is 152 cm³/mol. The van der Waals surface area contributed by atoms with Gasteiger partial charge in [0.15, 0.2) is 5.82 Å². The van der Waals surface area contributed by atoms with Crippen LogP contribution in [0.5, 0.6) is 11.5 Å². The Balaban J connectivity index is 1.47. The highest BCUT2D eigenvalue weighted by Gasteiger charge is 2.17. The second-order valence-corrected chi connectivity index (χ2v) is 9.86. The van der Waals surface area contributed by atoms with Gasteiger partial charge in [0.1, 0.15) is 24.2 Å². The van der Waals surface area contributed by atoms with Crippen LogP contribution in [0.2, 0.25) is 0 Å². The van der Waals surface area contributed by atoms with Crippen molar-refractivity contribution in [1.29, 1.82) is 0 Å². The summed E-state index contributed by atoms with van der Waals surface area (Å²) >= 11 is 0. The topological polar surface area (TPSA) is 70.5 Å². The number of carbonyl (C=O) groups excluding carboxylic acids is 1. The summed E-state index contributed by atoms with van der Waals surface area (Å²) in [6.45, 7) is 9.16. The fourth-order valence-electron chi connectivity index (χ4n) is 3.98. The predicted octanol–water partition coefficient (Wildman–Crippen LogP) is 7.91. The molecule has 1 aromatic heterocycles. The second-order valence-electron chi connectivity index (χ2n) is 9.86. The molecule has 0 bridgehead atoms. The third kappa shape index (κ3) is 9.47. The number of hydrogen-bond acceptors (Lipinski definition) is 6. The van der Waals surface area contributed by atoms with Gasteiger partial charge in [0.2, 0.25) is 0 Å². The van der Waals surface area contributed by atoms with Gasteiger partial charge < -0.3 is 14.2 Å². The Morgan fingerprint density at radius 3 is 1.97 bits per heavy atom. The van der Waals surface area contributed by atoms with Crippen LogP contribution in [0.25, 0.3) is 22.5 Å². The molecule has 0 spiro atoms. The second kappa shape index (κ2) is 15.8. The molecule has 0 aliphatic heterocycles. The van der Waals surface area contributed by atoms with Gasteiger partial charge in [-0.3, -0.25) is 4.79 Å². The molecule has 204 valence electrons. The van der Waals surface area contributed by atoms with E-state index in [0.717, 1.165) is 60.5 Å². The van der Waals surface area contributed by atoms with E-state index in [1.807, 2.05) is 74.8 Å². The molecule has 38 heavy (non-hydrogen) atoms. The van der Waals surface area contributed by atoms with Crippen molar-refractivity contribution in [3.8, 4) is 34.0 Å². The molecule has 0 amide bonds. The van der Waals surface area contributed by atoms with Gasteiger partial charge in [-0.1, -0.05) is 65.0 Å². The SMILES string of the molecule is CCCCCCOc1ccc(-c2ncc(-c3ccc(OCC(C)OC(=O)C(C)CCCC)cc3)cn2)cc1. The molecule has 0 saturated heterocycles. The molecule has 0 aliphatic carbocycles. The lowest BCUT2D eigenvalue weighted by Gasteiger charge is -2.17. The van der Waals surface area contributed by atoms with Crippen molar-refractivity contribution in [2.24, 2.45) is 5.92 Å². The minimum Gasteiger partial charge on any atom is -0.494 e. The van der Waals surface area contributed by atoms with Gasteiger partial charge in [-0.05, 0) is 61.7 Å². The molecular weight excluding hydrogens is 476 g/mol. The van der Waals surface area contributed by atoms with E-state index in [1.54, 1.807) is 0 Å². The Labute approximate surface area is 227 Å². The van der Waals surface area contributed by atoms with E-state index in [0.29, 0.717) is 12.4 Å². The first-order valence-corrected chi connectivity index (χ1v) is 14.0. The Morgan fingerprint density at radius 2 is 1.34 bits per heavy atom. The monoisotopic (exact) mass is 518 g/mol.